The summed E-state index contributed by atoms with van der Waals surface area (Å²) >= 11 is 0. The smallest absolute Gasteiger partial charge is 0.118 e. The first-order chi connectivity index (χ1) is 14.9. The van der Waals surface area contributed by atoms with Gasteiger partial charge in [-0.05, 0) is 68.9 Å². The zero-order valence-corrected chi connectivity index (χ0v) is 20.0. The highest BCUT2D eigenvalue weighted by Crippen LogP contribution is 2.16. The Balaban J connectivity index is 1.63. The summed E-state index contributed by atoms with van der Waals surface area (Å²) in [5, 5.41) is 10.3. The van der Waals surface area contributed by atoms with Gasteiger partial charge >= 0.3 is 0 Å². The van der Waals surface area contributed by atoms with Gasteiger partial charge in [-0.15, -0.1) is 0 Å². The van der Waals surface area contributed by atoms with Gasteiger partial charge < -0.3 is 14.6 Å². The topological polar surface area (TPSA) is 55.8 Å². The lowest BCUT2D eigenvalue weighted by Crippen LogP contribution is -2.14. The standard InChI is InChI=1S/C26H36O4S/c1-20-8-14-26(15-9-20)31(28)19-24(27)16-21(2)6-5-7-22(3)17-30-18-23-10-12-25(29-4)13-11-23/h8-16,22,24,27H,5-7,17-19H2,1-4H3/b21-16-/t22?,24-,31+/m0/s1. The first-order valence-electron chi connectivity index (χ1n) is 10.9. The predicted octanol–water partition coefficient (Wildman–Crippen LogP) is 5.44. The van der Waals surface area contributed by atoms with Crippen molar-refractivity contribution in [2.75, 3.05) is 19.5 Å². The Morgan fingerprint density at radius 3 is 2.45 bits per heavy atom. The lowest BCUT2D eigenvalue weighted by Gasteiger charge is -2.13. The molecule has 1 N–H and O–H groups in total. The van der Waals surface area contributed by atoms with Gasteiger partial charge in [-0.2, -0.15) is 0 Å². The number of benzene rings is 2. The highest BCUT2D eigenvalue weighted by molar-refractivity contribution is 7.85. The van der Waals surface area contributed by atoms with Crippen LogP contribution >= 0.6 is 0 Å². The maximum absolute atomic E-state index is 12.4. The van der Waals surface area contributed by atoms with E-state index in [-0.39, 0.29) is 5.75 Å². The molecule has 0 aliphatic carbocycles. The summed E-state index contributed by atoms with van der Waals surface area (Å²) in [5.41, 5.74) is 3.42. The van der Waals surface area contributed by atoms with Gasteiger partial charge in [0, 0.05) is 11.5 Å². The molecule has 31 heavy (non-hydrogen) atoms. The fourth-order valence-corrected chi connectivity index (χ4v) is 4.35. The predicted molar refractivity (Wildman–Crippen MR) is 128 cm³/mol. The second-order valence-electron chi connectivity index (χ2n) is 8.27. The van der Waals surface area contributed by atoms with Gasteiger partial charge in [0.1, 0.15) is 5.75 Å². The zero-order valence-electron chi connectivity index (χ0n) is 19.2. The Morgan fingerprint density at radius 2 is 1.81 bits per heavy atom. The minimum atomic E-state index is -1.19. The molecule has 2 aromatic rings. The maximum Gasteiger partial charge on any atom is 0.118 e. The van der Waals surface area contributed by atoms with Crippen LogP contribution in [0.25, 0.3) is 0 Å². The highest BCUT2D eigenvalue weighted by atomic mass is 32.2. The summed E-state index contributed by atoms with van der Waals surface area (Å²) in [6, 6.07) is 15.6. The van der Waals surface area contributed by atoms with Crippen molar-refractivity contribution in [3.63, 3.8) is 0 Å². The fraction of sp³-hybridized carbons (Fsp3) is 0.462. The van der Waals surface area contributed by atoms with Crippen LogP contribution in [0.2, 0.25) is 0 Å². The fourth-order valence-electron chi connectivity index (χ4n) is 3.31. The number of aryl methyl sites for hydroxylation is 1. The highest BCUT2D eigenvalue weighted by Gasteiger charge is 2.10. The molecular formula is C26H36O4S. The third kappa shape index (κ3) is 9.81. The Labute approximate surface area is 189 Å². The average Bonchev–Trinajstić information content (AvgIpc) is 2.74. The van der Waals surface area contributed by atoms with Crippen LogP contribution in [-0.4, -0.2) is 34.9 Å². The molecule has 0 fully saturated rings. The molecule has 170 valence electrons. The van der Waals surface area contributed by atoms with E-state index in [1.165, 1.54) is 0 Å². The number of methoxy groups -OCH3 is 1. The molecule has 2 aromatic carbocycles. The van der Waals surface area contributed by atoms with Gasteiger partial charge in [0.15, 0.2) is 0 Å². The Morgan fingerprint density at radius 1 is 1.13 bits per heavy atom. The van der Waals surface area contributed by atoms with E-state index in [2.05, 4.69) is 6.92 Å². The molecule has 0 heterocycles. The van der Waals surface area contributed by atoms with Crippen LogP contribution in [0.15, 0.2) is 65.1 Å². The van der Waals surface area contributed by atoms with Gasteiger partial charge in [-0.25, -0.2) is 0 Å². The molecule has 2 rings (SSSR count). The van der Waals surface area contributed by atoms with E-state index in [1.807, 2.05) is 68.5 Å². The van der Waals surface area contributed by atoms with Crippen LogP contribution in [-0.2, 0) is 22.1 Å². The number of hydrogen-bond donors (Lipinski definition) is 1. The van der Waals surface area contributed by atoms with Crippen molar-refractivity contribution in [2.24, 2.45) is 5.92 Å². The van der Waals surface area contributed by atoms with Crippen molar-refractivity contribution in [3.05, 3.63) is 71.3 Å². The normalized spacial score (nSPS) is 14.8. The molecule has 0 amide bonds. The monoisotopic (exact) mass is 444 g/mol. The molecular weight excluding hydrogens is 408 g/mol. The Kier molecular flexibility index (Phi) is 11.0. The lowest BCUT2D eigenvalue weighted by atomic mass is 10.0. The molecule has 0 saturated carbocycles. The lowest BCUT2D eigenvalue weighted by molar-refractivity contribution is 0.0889. The molecule has 0 radical (unpaired) electrons. The second kappa shape index (κ2) is 13.5. The van der Waals surface area contributed by atoms with Crippen molar-refractivity contribution < 1.29 is 18.8 Å². The van der Waals surface area contributed by atoms with E-state index in [0.29, 0.717) is 12.5 Å². The summed E-state index contributed by atoms with van der Waals surface area (Å²) in [6.45, 7) is 7.57. The van der Waals surface area contributed by atoms with Crippen LogP contribution in [0.5, 0.6) is 5.75 Å². The molecule has 4 nitrogen and oxygen atoms in total. The summed E-state index contributed by atoms with van der Waals surface area (Å²) in [4.78, 5) is 0.763. The van der Waals surface area contributed by atoms with Crippen molar-refractivity contribution >= 4 is 10.8 Å². The van der Waals surface area contributed by atoms with E-state index in [4.69, 9.17) is 9.47 Å². The molecule has 0 spiro atoms. The molecule has 0 saturated heterocycles. The van der Waals surface area contributed by atoms with Crippen LogP contribution < -0.4 is 4.74 Å². The number of aliphatic hydroxyl groups excluding tert-OH is 1. The van der Waals surface area contributed by atoms with E-state index < -0.39 is 16.9 Å². The second-order valence-corrected chi connectivity index (χ2v) is 9.76. The zero-order chi connectivity index (χ0) is 22.6. The summed E-state index contributed by atoms with van der Waals surface area (Å²) in [7, 11) is 0.473. The molecule has 0 aliphatic heterocycles. The number of ether oxygens (including phenoxy) is 2. The van der Waals surface area contributed by atoms with Gasteiger partial charge in [-0.1, -0.05) is 48.4 Å². The molecule has 5 heteroatoms. The molecule has 0 aliphatic rings. The molecule has 3 atom stereocenters. The Bertz CT molecular complexity index is 827. The van der Waals surface area contributed by atoms with Crippen LogP contribution in [0, 0.1) is 12.8 Å². The molecule has 0 bridgehead atoms. The SMILES string of the molecule is COc1ccc(COCC(C)CCC/C(C)=C\[C@H](O)C[S@@](=O)c2ccc(C)cc2)cc1. The molecule has 1 unspecified atom stereocenters. The van der Waals surface area contributed by atoms with Crippen molar-refractivity contribution in [1.29, 1.82) is 0 Å². The number of aliphatic hydroxyl groups is 1. The van der Waals surface area contributed by atoms with Crippen molar-refractivity contribution in [3.8, 4) is 5.75 Å². The minimum absolute atomic E-state index is 0.232. The quantitative estimate of drug-likeness (QED) is 0.418. The van der Waals surface area contributed by atoms with Gasteiger partial charge in [0.05, 0.1) is 36.4 Å². The first kappa shape index (κ1) is 25.3. The third-order valence-corrected chi connectivity index (χ3v) is 6.62. The van der Waals surface area contributed by atoms with E-state index in [1.54, 1.807) is 7.11 Å². The Hall–Kier alpha value is -1.95. The summed E-state index contributed by atoms with van der Waals surface area (Å²) in [6.07, 6.45) is 4.20. The van der Waals surface area contributed by atoms with Crippen molar-refractivity contribution in [1.82, 2.24) is 0 Å². The van der Waals surface area contributed by atoms with Gasteiger partial charge in [-0.3, -0.25) is 4.21 Å². The van der Waals surface area contributed by atoms with Crippen LogP contribution in [0.3, 0.4) is 0 Å². The van der Waals surface area contributed by atoms with Crippen LogP contribution in [0.1, 0.15) is 44.2 Å². The van der Waals surface area contributed by atoms with E-state index in [0.717, 1.165) is 53.2 Å². The van der Waals surface area contributed by atoms with Gasteiger partial charge in [0.2, 0.25) is 0 Å². The molecule has 0 aromatic heterocycles. The minimum Gasteiger partial charge on any atom is -0.497 e. The van der Waals surface area contributed by atoms with Crippen LogP contribution in [0.4, 0.5) is 0 Å². The van der Waals surface area contributed by atoms with Crippen molar-refractivity contribution in [2.45, 2.75) is 57.6 Å². The van der Waals surface area contributed by atoms with E-state index in [9.17, 15) is 9.32 Å². The van der Waals surface area contributed by atoms with E-state index >= 15 is 0 Å². The van der Waals surface area contributed by atoms with Gasteiger partial charge in [0.25, 0.3) is 0 Å². The summed E-state index contributed by atoms with van der Waals surface area (Å²) in [5.74, 6) is 1.56. The first-order valence-corrected chi connectivity index (χ1v) is 12.2. The maximum atomic E-state index is 12.4. The number of allylic oxidation sites excluding steroid dienone is 1. The third-order valence-electron chi connectivity index (χ3n) is 5.18. The largest absolute Gasteiger partial charge is 0.497 e. The summed E-state index contributed by atoms with van der Waals surface area (Å²) < 4.78 is 23.4. The average molecular weight is 445 g/mol. The number of hydrogen-bond acceptors (Lipinski definition) is 4. The number of rotatable bonds is 13.